The average molecular weight is 416 g/mol. The van der Waals surface area contributed by atoms with Crippen molar-refractivity contribution in [3.8, 4) is 0 Å². The SMILES string of the molecule is C[C@@H]1C[C@H](C)CN(S(=O)(=O)c2ccc(NC(=O)CN(C)c3ccccc3)cc2)C1. The molecule has 1 aliphatic heterocycles. The van der Waals surface area contributed by atoms with Gasteiger partial charge in [0.2, 0.25) is 15.9 Å². The van der Waals surface area contributed by atoms with E-state index in [0.29, 0.717) is 30.6 Å². The minimum absolute atomic E-state index is 0.161. The second-order valence-corrected chi connectivity index (χ2v) is 9.97. The molecule has 2 aromatic carbocycles. The van der Waals surface area contributed by atoms with E-state index in [9.17, 15) is 13.2 Å². The first kappa shape index (κ1) is 21.3. The molecule has 0 unspecified atom stereocenters. The van der Waals surface area contributed by atoms with E-state index in [0.717, 1.165) is 12.1 Å². The van der Waals surface area contributed by atoms with Crippen molar-refractivity contribution in [1.29, 1.82) is 0 Å². The Hall–Kier alpha value is -2.38. The van der Waals surface area contributed by atoms with E-state index < -0.39 is 10.0 Å². The van der Waals surface area contributed by atoms with Crippen molar-refractivity contribution in [3.63, 3.8) is 0 Å². The van der Waals surface area contributed by atoms with Crippen LogP contribution in [0.4, 0.5) is 11.4 Å². The van der Waals surface area contributed by atoms with Gasteiger partial charge < -0.3 is 10.2 Å². The largest absolute Gasteiger partial charge is 0.365 e. The molecule has 1 amide bonds. The van der Waals surface area contributed by atoms with Crippen LogP contribution in [0.3, 0.4) is 0 Å². The summed E-state index contributed by atoms with van der Waals surface area (Å²) >= 11 is 0. The molecular weight excluding hydrogens is 386 g/mol. The summed E-state index contributed by atoms with van der Waals surface area (Å²) in [6.07, 6.45) is 1.05. The minimum atomic E-state index is -3.52. The molecule has 1 saturated heterocycles. The van der Waals surface area contributed by atoms with Crippen LogP contribution in [0.5, 0.6) is 0 Å². The number of anilines is 2. The maximum atomic E-state index is 12.9. The van der Waals surface area contributed by atoms with Gasteiger partial charge in [0.1, 0.15) is 0 Å². The highest BCUT2D eigenvalue weighted by Gasteiger charge is 2.31. The smallest absolute Gasteiger partial charge is 0.243 e. The molecule has 1 heterocycles. The quantitative estimate of drug-likeness (QED) is 0.785. The Kier molecular flexibility index (Phi) is 6.59. The Morgan fingerprint density at radius 1 is 1.03 bits per heavy atom. The van der Waals surface area contributed by atoms with Crippen molar-refractivity contribution >= 4 is 27.3 Å². The third kappa shape index (κ3) is 5.36. The van der Waals surface area contributed by atoms with Crippen LogP contribution >= 0.6 is 0 Å². The first-order valence-electron chi connectivity index (χ1n) is 9.92. The fourth-order valence-corrected chi connectivity index (χ4v) is 5.53. The van der Waals surface area contributed by atoms with E-state index in [4.69, 9.17) is 0 Å². The standard InChI is InChI=1S/C22H29N3O3S/c1-17-13-18(2)15-25(14-17)29(27,28)21-11-9-19(10-12-21)23-22(26)16-24(3)20-7-5-4-6-8-20/h4-12,17-18H,13-16H2,1-3H3,(H,23,26)/t17-,18+. The number of amides is 1. The second kappa shape index (κ2) is 8.97. The van der Waals surface area contributed by atoms with E-state index in [1.807, 2.05) is 42.3 Å². The number of rotatable bonds is 6. The number of nitrogens with one attached hydrogen (secondary N) is 1. The van der Waals surface area contributed by atoms with Gasteiger partial charge in [0.15, 0.2) is 0 Å². The molecular formula is C22H29N3O3S. The Labute approximate surface area is 173 Å². The third-order valence-corrected chi connectivity index (χ3v) is 7.03. The molecule has 2 aromatic rings. The Balaban J connectivity index is 1.63. The molecule has 1 N–H and O–H groups in total. The molecule has 1 aliphatic rings. The first-order chi connectivity index (χ1) is 13.8. The van der Waals surface area contributed by atoms with Crippen LogP contribution in [-0.4, -0.2) is 45.3 Å². The molecule has 0 aromatic heterocycles. The average Bonchev–Trinajstić information content (AvgIpc) is 2.68. The van der Waals surface area contributed by atoms with Gasteiger partial charge in [-0.2, -0.15) is 4.31 Å². The number of carbonyl (C=O) groups is 1. The maximum absolute atomic E-state index is 12.9. The maximum Gasteiger partial charge on any atom is 0.243 e. The molecule has 0 saturated carbocycles. The topological polar surface area (TPSA) is 69.7 Å². The van der Waals surface area contributed by atoms with Crippen molar-refractivity contribution < 1.29 is 13.2 Å². The van der Waals surface area contributed by atoms with Crippen LogP contribution < -0.4 is 10.2 Å². The summed E-state index contributed by atoms with van der Waals surface area (Å²) in [5.74, 6) is 0.549. The molecule has 0 aliphatic carbocycles. The van der Waals surface area contributed by atoms with Crippen LogP contribution in [0.2, 0.25) is 0 Å². The fraction of sp³-hybridized carbons (Fsp3) is 0.409. The van der Waals surface area contributed by atoms with Gasteiger partial charge in [-0.3, -0.25) is 4.79 Å². The summed E-state index contributed by atoms with van der Waals surface area (Å²) < 4.78 is 27.5. The zero-order valence-corrected chi connectivity index (χ0v) is 18.0. The lowest BCUT2D eigenvalue weighted by Gasteiger charge is -2.34. The summed E-state index contributed by atoms with van der Waals surface area (Å²) in [5.41, 5.74) is 1.53. The molecule has 156 valence electrons. The zero-order valence-electron chi connectivity index (χ0n) is 17.2. The third-order valence-electron chi connectivity index (χ3n) is 5.19. The lowest BCUT2D eigenvalue weighted by Crippen LogP contribution is -2.42. The van der Waals surface area contributed by atoms with Gasteiger partial charge >= 0.3 is 0 Å². The van der Waals surface area contributed by atoms with Crippen molar-refractivity contribution in [1.82, 2.24) is 4.31 Å². The predicted molar refractivity (Wildman–Crippen MR) is 116 cm³/mol. The molecule has 0 bridgehead atoms. The summed E-state index contributed by atoms with van der Waals surface area (Å²) in [6.45, 7) is 5.48. The number of likely N-dealkylation sites (N-methyl/N-ethyl adjacent to an activating group) is 1. The number of piperidine rings is 1. The lowest BCUT2D eigenvalue weighted by atomic mass is 9.94. The monoisotopic (exact) mass is 415 g/mol. The number of hydrogen-bond donors (Lipinski definition) is 1. The molecule has 29 heavy (non-hydrogen) atoms. The number of hydrogen-bond acceptors (Lipinski definition) is 4. The number of sulfonamides is 1. The molecule has 3 rings (SSSR count). The van der Waals surface area contributed by atoms with E-state index in [-0.39, 0.29) is 17.3 Å². The van der Waals surface area contributed by atoms with Crippen LogP contribution in [0.1, 0.15) is 20.3 Å². The van der Waals surface area contributed by atoms with Gasteiger partial charge in [-0.15, -0.1) is 0 Å². The molecule has 2 atom stereocenters. The number of carbonyl (C=O) groups excluding carboxylic acids is 1. The Morgan fingerprint density at radius 3 is 2.21 bits per heavy atom. The molecule has 7 heteroatoms. The number of benzene rings is 2. The zero-order chi connectivity index (χ0) is 21.0. The van der Waals surface area contributed by atoms with Crippen LogP contribution in [0, 0.1) is 11.8 Å². The number of para-hydroxylation sites is 1. The first-order valence-corrected chi connectivity index (χ1v) is 11.4. The summed E-state index contributed by atoms with van der Waals surface area (Å²) in [6, 6.07) is 16.1. The number of nitrogens with zero attached hydrogens (tertiary/aromatic N) is 2. The van der Waals surface area contributed by atoms with Gasteiger partial charge in [0, 0.05) is 31.5 Å². The van der Waals surface area contributed by atoms with Gasteiger partial charge in [-0.25, -0.2) is 8.42 Å². The molecule has 1 fully saturated rings. The van der Waals surface area contributed by atoms with Crippen molar-refractivity contribution in [3.05, 3.63) is 54.6 Å². The van der Waals surface area contributed by atoms with Gasteiger partial charge in [-0.05, 0) is 54.7 Å². The van der Waals surface area contributed by atoms with E-state index in [1.165, 1.54) is 0 Å². The highest BCUT2D eigenvalue weighted by Crippen LogP contribution is 2.27. The highest BCUT2D eigenvalue weighted by atomic mass is 32.2. The van der Waals surface area contributed by atoms with Gasteiger partial charge in [0.05, 0.1) is 11.4 Å². The van der Waals surface area contributed by atoms with E-state index in [1.54, 1.807) is 28.6 Å². The fourth-order valence-electron chi connectivity index (χ4n) is 3.85. The predicted octanol–water partition coefficient (Wildman–Crippen LogP) is 3.43. The van der Waals surface area contributed by atoms with Crippen molar-refractivity contribution in [2.75, 3.05) is 36.9 Å². The second-order valence-electron chi connectivity index (χ2n) is 8.03. The van der Waals surface area contributed by atoms with Crippen LogP contribution in [0.25, 0.3) is 0 Å². The molecule has 0 radical (unpaired) electrons. The van der Waals surface area contributed by atoms with Gasteiger partial charge in [-0.1, -0.05) is 32.0 Å². The van der Waals surface area contributed by atoms with E-state index in [2.05, 4.69) is 19.2 Å². The Morgan fingerprint density at radius 2 is 1.62 bits per heavy atom. The molecule has 0 spiro atoms. The van der Waals surface area contributed by atoms with E-state index >= 15 is 0 Å². The van der Waals surface area contributed by atoms with Crippen molar-refractivity contribution in [2.24, 2.45) is 11.8 Å². The summed E-state index contributed by atoms with van der Waals surface area (Å²) in [7, 11) is -1.66. The van der Waals surface area contributed by atoms with Gasteiger partial charge in [0.25, 0.3) is 0 Å². The normalized spacial score (nSPS) is 20.2. The summed E-state index contributed by atoms with van der Waals surface area (Å²) in [5, 5.41) is 2.83. The van der Waals surface area contributed by atoms with Crippen LogP contribution in [-0.2, 0) is 14.8 Å². The summed E-state index contributed by atoms with van der Waals surface area (Å²) in [4.78, 5) is 14.4. The van der Waals surface area contributed by atoms with Crippen LogP contribution in [0.15, 0.2) is 59.5 Å². The van der Waals surface area contributed by atoms with Crippen molar-refractivity contribution in [2.45, 2.75) is 25.2 Å². The Bertz CT molecular complexity index is 920. The lowest BCUT2D eigenvalue weighted by molar-refractivity contribution is -0.114. The molecule has 6 nitrogen and oxygen atoms in total. The highest BCUT2D eigenvalue weighted by molar-refractivity contribution is 7.89. The minimum Gasteiger partial charge on any atom is -0.365 e.